The summed E-state index contributed by atoms with van der Waals surface area (Å²) >= 11 is 0. The highest BCUT2D eigenvalue weighted by atomic mass is 16.6. The zero-order chi connectivity index (χ0) is 23.3. The number of hydrogen-bond donors (Lipinski definition) is 2. The summed E-state index contributed by atoms with van der Waals surface area (Å²) in [6.45, 7) is 0.843. The summed E-state index contributed by atoms with van der Waals surface area (Å²) in [7, 11) is 1.93. The first-order valence-corrected chi connectivity index (χ1v) is 12.0. The number of carbonyl (C=O) groups is 2. The molecule has 2 aliphatic rings. The number of aliphatic hydroxyl groups is 1. The molecule has 178 valence electrons. The highest BCUT2D eigenvalue weighted by Crippen LogP contribution is 2.41. The minimum Gasteiger partial charge on any atom is -0.410 e. The minimum absolute atomic E-state index is 0.137. The molecule has 3 atom stereocenters. The smallest absolute Gasteiger partial charge is 0.347 e. The van der Waals surface area contributed by atoms with Crippen molar-refractivity contribution >= 4 is 17.7 Å². The molecule has 1 saturated carbocycles. The second-order valence-electron chi connectivity index (χ2n) is 9.62. The number of anilines is 1. The van der Waals surface area contributed by atoms with Crippen molar-refractivity contribution in [1.82, 2.24) is 5.16 Å². The molecule has 2 heterocycles. The van der Waals surface area contributed by atoms with Crippen molar-refractivity contribution in [3.63, 3.8) is 0 Å². The molecule has 1 aromatic heterocycles. The third-order valence-corrected chi connectivity index (χ3v) is 7.24. The van der Waals surface area contributed by atoms with E-state index in [1.54, 1.807) is 18.2 Å². The molecule has 3 unspecified atom stereocenters. The largest absolute Gasteiger partial charge is 0.410 e. The molecule has 0 bridgehead atoms. The number of carbonyl (C=O) groups excluding carboxylic acids is 2. The number of esters is 1. The van der Waals surface area contributed by atoms with Gasteiger partial charge >= 0.3 is 5.97 Å². The lowest BCUT2D eigenvalue weighted by Crippen LogP contribution is -2.61. The molecule has 0 spiro atoms. The first kappa shape index (κ1) is 23.4. The number of nitrogens with zero attached hydrogens (tertiary/aromatic N) is 2. The predicted molar refractivity (Wildman–Crippen MR) is 122 cm³/mol. The Bertz CT molecular complexity index is 929. The number of amides is 1. The number of benzene rings is 1. The van der Waals surface area contributed by atoms with Crippen LogP contribution in [0.15, 0.2) is 47.2 Å². The van der Waals surface area contributed by atoms with E-state index in [1.165, 1.54) is 6.26 Å². The van der Waals surface area contributed by atoms with E-state index in [0.717, 1.165) is 44.9 Å². The molecule has 2 fully saturated rings. The predicted octanol–water partition coefficient (Wildman–Crippen LogP) is 3.58. The number of ether oxygens (including phenoxy) is 1. The van der Waals surface area contributed by atoms with Gasteiger partial charge in [-0.2, -0.15) is 0 Å². The van der Waals surface area contributed by atoms with E-state index < -0.39 is 17.8 Å². The fraction of sp³-hybridized carbons (Fsp3) is 0.560. The SMILES string of the molecule is C[N+]1(CC(=O)Nc2ccon2)CCCCC1OC(=O)C(O)(c1ccccc1)C1CCCCC1. The maximum atomic E-state index is 13.7. The molecule has 33 heavy (non-hydrogen) atoms. The van der Waals surface area contributed by atoms with Gasteiger partial charge in [0.25, 0.3) is 5.91 Å². The number of quaternary nitrogens is 1. The number of piperidine rings is 1. The van der Waals surface area contributed by atoms with Crippen molar-refractivity contribution in [3.05, 3.63) is 48.2 Å². The van der Waals surface area contributed by atoms with Gasteiger partial charge in [0, 0.05) is 18.4 Å². The molecule has 1 aromatic carbocycles. The maximum Gasteiger partial charge on any atom is 0.347 e. The summed E-state index contributed by atoms with van der Waals surface area (Å²) < 4.78 is 11.1. The van der Waals surface area contributed by atoms with Crippen LogP contribution in [0.4, 0.5) is 5.82 Å². The molecule has 1 aliphatic heterocycles. The fourth-order valence-electron chi connectivity index (χ4n) is 5.35. The number of likely N-dealkylation sites (N-methyl/N-ethyl adjacent to an activating group) is 1. The van der Waals surface area contributed by atoms with Gasteiger partial charge in [0.2, 0.25) is 6.23 Å². The van der Waals surface area contributed by atoms with E-state index >= 15 is 0 Å². The van der Waals surface area contributed by atoms with Crippen LogP contribution in [0.2, 0.25) is 0 Å². The normalized spacial score (nSPS) is 25.7. The van der Waals surface area contributed by atoms with Crippen LogP contribution in [0.25, 0.3) is 0 Å². The van der Waals surface area contributed by atoms with Gasteiger partial charge in [-0.3, -0.25) is 9.28 Å². The zero-order valence-electron chi connectivity index (χ0n) is 19.2. The average molecular weight is 457 g/mol. The van der Waals surface area contributed by atoms with Crippen LogP contribution in [0.1, 0.15) is 56.9 Å². The highest BCUT2D eigenvalue weighted by Gasteiger charge is 2.50. The Morgan fingerprint density at radius 1 is 1.12 bits per heavy atom. The van der Waals surface area contributed by atoms with E-state index in [2.05, 4.69) is 10.5 Å². The Hall–Kier alpha value is -2.71. The standard InChI is InChI=1S/C25H33N3O5/c1-28(18-22(29)26-21-15-17-32-27-21)16-9-8-14-23(28)33-24(30)25(31,19-10-4-2-5-11-19)20-12-6-3-7-13-20/h2,4-5,10-11,15,17,20,23,31H,3,6-9,12-14,16,18H2,1H3/p+1. The minimum atomic E-state index is -1.69. The van der Waals surface area contributed by atoms with Crippen LogP contribution in [-0.4, -0.2) is 53.0 Å². The van der Waals surface area contributed by atoms with Gasteiger partial charge in [-0.15, -0.1) is 0 Å². The van der Waals surface area contributed by atoms with Gasteiger partial charge in [0.1, 0.15) is 6.26 Å². The molecule has 1 amide bonds. The first-order valence-electron chi connectivity index (χ1n) is 12.0. The molecule has 4 rings (SSSR count). The third kappa shape index (κ3) is 5.12. The van der Waals surface area contributed by atoms with Crippen LogP contribution in [0, 0.1) is 5.92 Å². The number of aromatic nitrogens is 1. The van der Waals surface area contributed by atoms with Gasteiger partial charge in [-0.25, -0.2) is 4.79 Å². The molecular formula is C25H34N3O5+. The van der Waals surface area contributed by atoms with E-state index in [1.807, 2.05) is 25.2 Å². The van der Waals surface area contributed by atoms with Crippen molar-refractivity contribution in [2.24, 2.45) is 5.92 Å². The van der Waals surface area contributed by atoms with Crippen LogP contribution in [0.3, 0.4) is 0 Å². The lowest BCUT2D eigenvalue weighted by atomic mass is 9.73. The van der Waals surface area contributed by atoms with Crippen molar-refractivity contribution in [2.75, 3.05) is 25.5 Å². The summed E-state index contributed by atoms with van der Waals surface area (Å²) in [5.41, 5.74) is -1.11. The van der Waals surface area contributed by atoms with Gasteiger partial charge in [0.15, 0.2) is 18.0 Å². The zero-order valence-corrected chi connectivity index (χ0v) is 19.2. The quantitative estimate of drug-likeness (QED) is 0.488. The molecule has 1 aliphatic carbocycles. The Labute approximate surface area is 194 Å². The van der Waals surface area contributed by atoms with Gasteiger partial charge in [-0.1, -0.05) is 54.8 Å². The summed E-state index contributed by atoms with van der Waals surface area (Å²) in [6.07, 6.45) is 8.06. The Morgan fingerprint density at radius 3 is 2.55 bits per heavy atom. The van der Waals surface area contributed by atoms with Crippen LogP contribution in [0.5, 0.6) is 0 Å². The summed E-state index contributed by atoms with van der Waals surface area (Å²) in [5.74, 6) is -0.652. The van der Waals surface area contributed by atoms with E-state index in [-0.39, 0.29) is 22.9 Å². The van der Waals surface area contributed by atoms with Crippen molar-refractivity contribution < 1.29 is 28.4 Å². The second-order valence-corrected chi connectivity index (χ2v) is 9.62. The molecule has 1 saturated heterocycles. The van der Waals surface area contributed by atoms with Gasteiger partial charge in [-0.05, 0) is 31.2 Å². The average Bonchev–Trinajstić information content (AvgIpc) is 3.34. The molecule has 8 heteroatoms. The Morgan fingerprint density at radius 2 is 1.85 bits per heavy atom. The lowest BCUT2D eigenvalue weighted by molar-refractivity contribution is -0.950. The molecular weight excluding hydrogens is 422 g/mol. The Kier molecular flexibility index (Phi) is 7.14. The van der Waals surface area contributed by atoms with E-state index in [4.69, 9.17) is 9.26 Å². The number of hydrogen-bond acceptors (Lipinski definition) is 6. The molecule has 8 nitrogen and oxygen atoms in total. The van der Waals surface area contributed by atoms with Crippen LogP contribution >= 0.6 is 0 Å². The van der Waals surface area contributed by atoms with E-state index in [9.17, 15) is 14.7 Å². The summed E-state index contributed by atoms with van der Waals surface area (Å²) in [4.78, 5) is 26.3. The lowest BCUT2D eigenvalue weighted by Gasteiger charge is -2.44. The summed E-state index contributed by atoms with van der Waals surface area (Å²) in [6, 6.07) is 10.7. The topological polar surface area (TPSA) is 102 Å². The van der Waals surface area contributed by atoms with Crippen molar-refractivity contribution in [1.29, 1.82) is 0 Å². The molecule has 2 N–H and O–H groups in total. The summed E-state index contributed by atoms with van der Waals surface area (Å²) in [5, 5.41) is 18.3. The monoisotopic (exact) mass is 456 g/mol. The molecule has 2 aromatic rings. The van der Waals surface area contributed by atoms with Crippen molar-refractivity contribution in [2.45, 2.75) is 63.2 Å². The molecule has 0 radical (unpaired) electrons. The maximum absolute atomic E-state index is 13.7. The number of nitrogens with one attached hydrogen (secondary N) is 1. The number of likely N-dealkylation sites (tertiary alicyclic amines) is 1. The first-order chi connectivity index (χ1) is 15.9. The third-order valence-electron chi connectivity index (χ3n) is 7.24. The van der Waals surface area contributed by atoms with Gasteiger partial charge < -0.3 is 19.7 Å². The van der Waals surface area contributed by atoms with Crippen LogP contribution in [-0.2, 0) is 19.9 Å². The Balaban J connectivity index is 1.53. The van der Waals surface area contributed by atoms with Crippen LogP contribution < -0.4 is 5.32 Å². The highest BCUT2D eigenvalue weighted by molar-refractivity contribution is 5.90. The second kappa shape index (κ2) is 10.1. The van der Waals surface area contributed by atoms with Gasteiger partial charge in [0.05, 0.1) is 13.6 Å². The fourth-order valence-corrected chi connectivity index (χ4v) is 5.35. The van der Waals surface area contributed by atoms with Crippen molar-refractivity contribution in [3.8, 4) is 0 Å². The van der Waals surface area contributed by atoms with E-state index in [0.29, 0.717) is 24.3 Å². The number of rotatable bonds is 7.